The SMILES string of the molecule is CCN(CC)CCN(C(=O)Cc1ccc(Cl)s1)c1nc2c(OC)ccc(Cl)c2s1.Cl. The number of hydrogen-bond donors (Lipinski definition) is 0. The highest BCUT2D eigenvalue weighted by atomic mass is 35.5. The number of aromatic nitrogens is 1. The van der Waals surface area contributed by atoms with Crippen LogP contribution in [0.2, 0.25) is 9.36 Å². The first-order valence-corrected chi connectivity index (χ1v) is 11.8. The number of ether oxygens (including phenoxy) is 1. The van der Waals surface area contributed by atoms with Crippen molar-refractivity contribution in [1.29, 1.82) is 0 Å². The maximum Gasteiger partial charge on any atom is 0.234 e. The van der Waals surface area contributed by atoms with Crippen molar-refractivity contribution in [1.82, 2.24) is 9.88 Å². The van der Waals surface area contributed by atoms with E-state index in [1.165, 1.54) is 22.7 Å². The van der Waals surface area contributed by atoms with E-state index < -0.39 is 0 Å². The third kappa shape index (κ3) is 5.78. The zero-order chi connectivity index (χ0) is 21.0. The number of hydrogen-bond acceptors (Lipinski definition) is 6. The highest BCUT2D eigenvalue weighted by Gasteiger charge is 2.23. The first-order valence-electron chi connectivity index (χ1n) is 9.36. The molecule has 164 valence electrons. The van der Waals surface area contributed by atoms with Crippen molar-refractivity contribution >= 4 is 79.5 Å². The van der Waals surface area contributed by atoms with E-state index in [4.69, 9.17) is 32.9 Å². The van der Waals surface area contributed by atoms with Gasteiger partial charge in [-0.25, -0.2) is 4.98 Å². The molecule has 2 heterocycles. The van der Waals surface area contributed by atoms with Gasteiger partial charge in [0.15, 0.2) is 5.13 Å². The molecule has 5 nitrogen and oxygen atoms in total. The molecule has 0 spiro atoms. The van der Waals surface area contributed by atoms with Crippen LogP contribution in [0.1, 0.15) is 18.7 Å². The molecule has 0 N–H and O–H groups in total. The second-order valence-electron chi connectivity index (χ2n) is 6.38. The van der Waals surface area contributed by atoms with Crippen molar-refractivity contribution < 1.29 is 9.53 Å². The summed E-state index contributed by atoms with van der Waals surface area (Å²) in [6, 6.07) is 7.30. The predicted molar refractivity (Wildman–Crippen MR) is 132 cm³/mol. The molecule has 0 fully saturated rings. The van der Waals surface area contributed by atoms with E-state index in [0.29, 0.717) is 32.3 Å². The Morgan fingerprint density at radius 1 is 1.10 bits per heavy atom. The normalized spacial score (nSPS) is 11.0. The second kappa shape index (κ2) is 11.5. The summed E-state index contributed by atoms with van der Waals surface area (Å²) in [7, 11) is 1.60. The van der Waals surface area contributed by atoms with Gasteiger partial charge in [-0.1, -0.05) is 48.4 Å². The van der Waals surface area contributed by atoms with Gasteiger partial charge in [0, 0.05) is 18.0 Å². The van der Waals surface area contributed by atoms with Crippen molar-refractivity contribution in [3.8, 4) is 5.75 Å². The van der Waals surface area contributed by atoms with Crippen LogP contribution in [0.15, 0.2) is 24.3 Å². The van der Waals surface area contributed by atoms with E-state index in [1.807, 2.05) is 12.1 Å². The van der Waals surface area contributed by atoms with Gasteiger partial charge in [0.1, 0.15) is 11.3 Å². The summed E-state index contributed by atoms with van der Waals surface area (Å²) in [6.45, 7) is 7.42. The topological polar surface area (TPSA) is 45.7 Å². The molecular formula is C20H24Cl3N3O2S2. The fourth-order valence-corrected chi connectivity index (χ4v) is 5.40. The maximum atomic E-state index is 13.2. The van der Waals surface area contributed by atoms with Crippen LogP contribution in [0, 0.1) is 0 Å². The van der Waals surface area contributed by atoms with Crippen LogP contribution in [0.4, 0.5) is 5.13 Å². The highest BCUT2D eigenvalue weighted by Crippen LogP contribution is 2.39. The summed E-state index contributed by atoms with van der Waals surface area (Å²) in [5.41, 5.74) is 0.680. The lowest BCUT2D eigenvalue weighted by Gasteiger charge is -2.24. The number of thiophene rings is 1. The fourth-order valence-electron chi connectivity index (χ4n) is 3.02. The summed E-state index contributed by atoms with van der Waals surface area (Å²) in [5, 5.41) is 1.23. The molecule has 0 bridgehead atoms. The number of carbonyl (C=O) groups is 1. The number of anilines is 1. The molecule has 10 heteroatoms. The van der Waals surface area contributed by atoms with Gasteiger partial charge >= 0.3 is 0 Å². The molecule has 0 saturated carbocycles. The summed E-state index contributed by atoms with van der Waals surface area (Å²) in [6.07, 6.45) is 0.288. The first kappa shape index (κ1) is 25.2. The summed E-state index contributed by atoms with van der Waals surface area (Å²) < 4.78 is 6.93. The molecule has 0 saturated heterocycles. The third-order valence-corrected chi connectivity index (χ3v) is 7.46. The van der Waals surface area contributed by atoms with E-state index in [9.17, 15) is 4.79 Å². The van der Waals surface area contributed by atoms with Gasteiger partial charge < -0.3 is 9.64 Å². The van der Waals surface area contributed by atoms with Crippen LogP contribution in [0.5, 0.6) is 5.75 Å². The van der Waals surface area contributed by atoms with Crippen LogP contribution in [0.3, 0.4) is 0 Å². The number of carbonyl (C=O) groups excluding carboxylic acids is 1. The lowest BCUT2D eigenvalue weighted by Crippen LogP contribution is -2.39. The molecular weight excluding hydrogens is 485 g/mol. The van der Waals surface area contributed by atoms with Gasteiger partial charge in [0.05, 0.1) is 27.6 Å². The zero-order valence-corrected chi connectivity index (χ0v) is 20.9. The quantitative estimate of drug-likeness (QED) is 0.355. The van der Waals surface area contributed by atoms with E-state index in [1.54, 1.807) is 24.1 Å². The molecule has 1 aromatic carbocycles. The van der Waals surface area contributed by atoms with Gasteiger partial charge in [-0.05, 0) is 37.4 Å². The molecule has 1 amide bonds. The number of rotatable bonds is 9. The van der Waals surface area contributed by atoms with Crippen LogP contribution in [-0.2, 0) is 11.2 Å². The van der Waals surface area contributed by atoms with Gasteiger partial charge in [-0.15, -0.1) is 23.7 Å². The molecule has 3 rings (SSSR count). The Morgan fingerprint density at radius 3 is 2.43 bits per heavy atom. The molecule has 0 aliphatic rings. The number of methoxy groups -OCH3 is 1. The Bertz CT molecular complexity index is 989. The number of nitrogens with zero attached hydrogens (tertiary/aromatic N) is 3. The van der Waals surface area contributed by atoms with Crippen molar-refractivity contribution in [2.75, 3.05) is 38.2 Å². The summed E-state index contributed by atoms with van der Waals surface area (Å²) in [4.78, 5) is 22.9. The molecule has 0 unspecified atom stereocenters. The van der Waals surface area contributed by atoms with Crippen molar-refractivity contribution in [3.63, 3.8) is 0 Å². The lowest BCUT2D eigenvalue weighted by atomic mass is 10.3. The van der Waals surface area contributed by atoms with Crippen LogP contribution in [0.25, 0.3) is 10.2 Å². The van der Waals surface area contributed by atoms with E-state index in [2.05, 4.69) is 18.7 Å². The largest absolute Gasteiger partial charge is 0.494 e. The molecule has 0 radical (unpaired) electrons. The number of benzene rings is 1. The van der Waals surface area contributed by atoms with Crippen molar-refractivity contribution in [2.45, 2.75) is 20.3 Å². The monoisotopic (exact) mass is 507 g/mol. The van der Waals surface area contributed by atoms with E-state index in [-0.39, 0.29) is 24.7 Å². The number of halogens is 3. The number of thiazole rings is 1. The highest BCUT2D eigenvalue weighted by molar-refractivity contribution is 7.23. The van der Waals surface area contributed by atoms with Gasteiger partial charge in [-0.2, -0.15) is 0 Å². The van der Waals surface area contributed by atoms with Crippen molar-refractivity contribution in [2.24, 2.45) is 0 Å². The van der Waals surface area contributed by atoms with Crippen LogP contribution < -0.4 is 9.64 Å². The Labute approximate surface area is 201 Å². The van der Waals surface area contributed by atoms with Gasteiger partial charge in [-0.3, -0.25) is 9.69 Å². The predicted octanol–water partition coefficient (Wildman–Crippen LogP) is 6.01. The minimum atomic E-state index is -0.00943. The van der Waals surface area contributed by atoms with E-state index in [0.717, 1.165) is 29.2 Å². The summed E-state index contributed by atoms with van der Waals surface area (Å²) in [5.74, 6) is 0.637. The number of amides is 1. The standard InChI is InChI=1S/C20H23Cl2N3O2S2.ClH/c1-4-24(5-2)10-11-25(17(26)12-13-6-9-16(22)28-13)20-23-18-15(27-3)8-7-14(21)19(18)29-20;/h6-9H,4-5,10-12H2,1-3H3;1H. The Morgan fingerprint density at radius 2 is 1.83 bits per heavy atom. The summed E-state index contributed by atoms with van der Waals surface area (Å²) >= 11 is 15.3. The van der Waals surface area contributed by atoms with Crippen LogP contribution in [-0.4, -0.2) is 49.1 Å². The Hall–Kier alpha value is -1.09. The molecule has 0 aliphatic carbocycles. The minimum absolute atomic E-state index is 0. The lowest BCUT2D eigenvalue weighted by molar-refractivity contribution is -0.118. The van der Waals surface area contributed by atoms with Gasteiger partial charge in [0.25, 0.3) is 0 Å². The fraction of sp³-hybridized carbons (Fsp3) is 0.400. The average Bonchev–Trinajstić information content (AvgIpc) is 3.32. The number of likely N-dealkylation sites (N-methyl/N-ethyl adjacent to an activating group) is 1. The van der Waals surface area contributed by atoms with E-state index >= 15 is 0 Å². The smallest absolute Gasteiger partial charge is 0.234 e. The van der Waals surface area contributed by atoms with Crippen LogP contribution >= 0.6 is 58.3 Å². The molecule has 0 aliphatic heterocycles. The Balaban J connectivity index is 0.00000320. The molecule has 30 heavy (non-hydrogen) atoms. The second-order valence-corrected chi connectivity index (χ2v) is 9.56. The van der Waals surface area contributed by atoms with Gasteiger partial charge in [0.2, 0.25) is 5.91 Å². The Kier molecular flexibility index (Phi) is 9.66. The first-order chi connectivity index (χ1) is 14.0. The zero-order valence-electron chi connectivity index (χ0n) is 17.0. The maximum absolute atomic E-state index is 13.2. The molecule has 0 atom stereocenters. The molecule has 2 aromatic heterocycles. The number of fused-ring (bicyclic) bond motifs is 1. The third-order valence-electron chi connectivity index (χ3n) is 4.69. The molecule has 3 aromatic rings. The average molecular weight is 509 g/mol. The van der Waals surface area contributed by atoms with Crippen molar-refractivity contribution in [3.05, 3.63) is 38.5 Å². The minimum Gasteiger partial charge on any atom is -0.494 e.